The summed E-state index contributed by atoms with van der Waals surface area (Å²) in [6.07, 6.45) is 1.62. The summed E-state index contributed by atoms with van der Waals surface area (Å²) >= 11 is 7.50. The Morgan fingerprint density at radius 1 is 1.39 bits per heavy atom. The molecule has 0 atom stereocenters. The first kappa shape index (κ1) is 21.2. The molecule has 0 spiro atoms. The number of methoxy groups -OCH3 is 1. The molecule has 2 amide bonds. The lowest BCUT2D eigenvalue weighted by Crippen LogP contribution is -2.20. The number of fused-ring (bicyclic) bond motifs is 1. The van der Waals surface area contributed by atoms with Crippen molar-refractivity contribution in [3.63, 3.8) is 0 Å². The highest BCUT2D eigenvalue weighted by Gasteiger charge is 2.10. The molecule has 1 N–H and O–H groups in total. The molecule has 148 valence electrons. The fourth-order valence-electron chi connectivity index (χ4n) is 2.34. The van der Waals surface area contributed by atoms with Gasteiger partial charge in [0.15, 0.2) is 9.93 Å². The number of aromatic nitrogens is 2. The number of benzene rings is 1. The molecule has 0 radical (unpaired) electrons. The van der Waals surface area contributed by atoms with E-state index in [1.165, 1.54) is 34.4 Å². The van der Waals surface area contributed by atoms with E-state index in [4.69, 9.17) is 4.74 Å². The quantitative estimate of drug-likeness (QED) is 0.512. The highest BCUT2D eigenvalue weighted by molar-refractivity contribution is 9.10. The molecule has 0 aliphatic carbocycles. The maximum absolute atomic E-state index is 12.3. The highest BCUT2D eigenvalue weighted by Crippen LogP contribution is 2.22. The predicted octanol–water partition coefficient (Wildman–Crippen LogP) is 3.37. The Morgan fingerprint density at radius 3 is 3.00 bits per heavy atom. The van der Waals surface area contributed by atoms with Gasteiger partial charge in [-0.2, -0.15) is 4.99 Å². The zero-order valence-electron chi connectivity index (χ0n) is 14.9. The number of thiazole rings is 2. The number of anilines is 1. The van der Waals surface area contributed by atoms with Gasteiger partial charge in [0.2, 0.25) is 5.91 Å². The van der Waals surface area contributed by atoms with Gasteiger partial charge in [-0.05, 0) is 18.2 Å². The van der Waals surface area contributed by atoms with Crippen LogP contribution in [0, 0.1) is 0 Å². The minimum atomic E-state index is -0.274. The number of halogens is 1. The lowest BCUT2D eigenvalue weighted by Gasteiger charge is -2.04. The van der Waals surface area contributed by atoms with Gasteiger partial charge in [0.1, 0.15) is 0 Å². The minimum Gasteiger partial charge on any atom is -0.383 e. The Labute approximate surface area is 182 Å². The lowest BCUT2D eigenvalue weighted by molar-refractivity contribution is -0.115. The first-order chi connectivity index (χ1) is 13.6. The van der Waals surface area contributed by atoms with Crippen LogP contribution < -0.4 is 10.1 Å². The van der Waals surface area contributed by atoms with Gasteiger partial charge in [0, 0.05) is 29.7 Å². The van der Waals surface area contributed by atoms with Crippen LogP contribution in [0.4, 0.5) is 5.13 Å². The Morgan fingerprint density at radius 2 is 2.25 bits per heavy atom. The van der Waals surface area contributed by atoms with Gasteiger partial charge >= 0.3 is 0 Å². The van der Waals surface area contributed by atoms with E-state index in [0.717, 1.165) is 14.7 Å². The number of thioether (sulfide) groups is 1. The van der Waals surface area contributed by atoms with Gasteiger partial charge in [-0.3, -0.25) is 9.59 Å². The fraction of sp³-hybridized carbons (Fsp3) is 0.294. The summed E-state index contributed by atoms with van der Waals surface area (Å²) in [7, 11) is 1.64. The van der Waals surface area contributed by atoms with E-state index >= 15 is 0 Å². The second kappa shape index (κ2) is 10.3. The smallest absolute Gasteiger partial charge is 0.258 e. The van der Waals surface area contributed by atoms with Crippen LogP contribution in [0.3, 0.4) is 0 Å². The first-order valence-electron chi connectivity index (χ1n) is 8.19. The highest BCUT2D eigenvalue weighted by atomic mass is 79.9. The largest absolute Gasteiger partial charge is 0.383 e. The molecule has 28 heavy (non-hydrogen) atoms. The van der Waals surface area contributed by atoms with Crippen LogP contribution in [0.5, 0.6) is 0 Å². The number of carbonyl (C=O) groups is 2. The van der Waals surface area contributed by atoms with Gasteiger partial charge in [-0.1, -0.05) is 27.3 Å². The Hall–Kier alpha value is -1.53. The van der Waals surface area contributed by atoms with Crippen molar-refractivity contribution in [3.8, 4) is 0 Å². The van der Waals surface area contributed by atoms with Gasteiger partial charge in [-0.15, -0.1) is 23.1 Å². The summed E-state index contributed by atoms with van der Waals surface area (Å²) in [5, 5.41) is 5.02. The lowest BCUT2D eigenvalue weighted by atomic mass is 10.3. The first-order valence-corrected chi connectivity index (χ1v) is 11.8. The zero-order chi connectivity index (χ0) is 19.9. The number of nitrogens with one attached hydrogen (secondary N) is 1. The van der Waals surface area contributed by atoms with Crippen molar-refractivity contribution in [3.05, 3.63) is 39.1 Å². The van der Waals surface area contributed by atoms with E-state index in [-0.39, 0.29) is 23.3 Å². The number of rotatable bonds is 8. The monoisotopic (exact) mass is 500 g/mol. The molecule has 0 fully saturated rings. The number of nitrogens with zero attached hydrogens (tertiary/aromatic N) is 3. The molecule has 7 nitrogen and oxygen atoms in total. The van der Waals surface area contributed by atoms with Crippen molar-refractivity contribution < 1.29 is 14.3 Å². The molecule has 11 heteroatoms. The third kappa shape index (κ3) is 5.74. The summed E-state index contributed by atoms with van der Waals surface area (Å²) in [5.41, 5.74) is 1.01. The van der Waals surface area contributed by atoms with Crippen molar-refractivity contribution >= 4 is 77.5 Å². The SMILES string of the molecule is COCCn1c(=NC(=O)CSCC(=O)Nc2nccs2)sc2cc(Br)ccc21. The van der Waals surface area contributed by atoms with Crippen molar-refractivity contribution in [1.29, 1.82) is 0 Å². The van der Waals surface area contributed by atoms with E-state index in [9.17, 15) is 9.59 Å². The predicted molar refractivity (Wildman–Crippen MR) is 118 cm³/mol. The van der Waals surface area contributed by atoms with E-state index in [2.05, 4.69) is 31.2 Å². The Bertz CT molecular complexity index is 1030. The average molecular weight is 501 g/mol. The van der Waals surface area contributed by atoms with Gasteiger partial charge in [0.25, 0.3) is 5.91 Å². The van der Waals surface area contributed by atoms with Crippen LogP contribution in [0.2, 0.25) is 0 Å². The zero-order valence-corrected chi connectivity index (χ0v) is 18.9. The fourth-order valence-corrected chi connectivity index (χ4v) is 5.11. The Kier molecular flexibility index (Phi) is 7.80. The maximum Gasteiger partial charge on any atom is 0.258 e. The summed E-state index contributed by atoms with van der Waals surface area (Å²) in [6, 6.07) is 5.96. The summed E-state index contributed by atoms with van der Waals surface area (Å²) in [5.74, 6) is -0.157. The molecule has 2 aromatic heterocycles. The van der Waals surface area contributed by atoms with E-state index in [1.807, 2.05) is 22.8 Å². The van der Waals surface area contributed by atoms with Crippen molar-refractivity contribution in [2.75, 3.05) is 30.5 Å². The van der Waals surface area contributed by atoms with Crippen molar-refractivity contribution in [1.82, 2.24) is 9.55 Å². The average Bonchev–Trinajstić information content (AvgIpc) is 3.27. The molecule has 0 unspecified atom stereocenters. The molecule has 0 saturated heterocycles. The van der Waals surface area contributed by atoms with E-state index < -0.39 is 0 Å². The van der Waals surface area contributed by atoms with E-state index in [1.54, 1.807) is 18.7 Å². The second-order valence-corrected chi connectivity index (χ2v) is 9.33. The molecule has 3 rings (SSSR count). The van der Waals surface area contributed by atoms with Crippen LogP contribution in [0.25, 0.3) is 10.2 Å². The number of hydrogen-bond donors (Lipinski definition) is 1. The molecule has 0 aliphatic rings. The normalized spacial score (nSPS) is 11.9. The number of hydrogen-bond acceptors (Lipinski definition) is 7. The summed E-state index contributed by atoms with van der Waals surface area (Å²) in [6.45, 7) is 1.13. The molecular formula is C17H17BrN4O3S3. The minimum absolute atomic E-state index is 0.132. The van der Waals surface area contributed by atoms with Crippen molar-refractivity contribution in [2.45, 2.75) is 6.54 Å². The number of amides is 2. The van der Waals surface area contributed by atoms with Gasteiger partial charge in [-0.25, -0.2) is 4.98 Å². The van der Waals surface area contributed by atoms with Gasteiger partial charge < -0.3 is 14.6 Å². The third-order valence-corrected chi connectivity index (χ3v) is 6.66. The molecule has 2 heterocycles. The van der Waals surface area contributed by atoms with Crippen LogP contribution in [0.15, 0.2) is 39.2 Å². The third-order valence-electron chi connectivity index (χ3n) is 3.52. The van der Waals surface area contributed by atoms with E-state index in [0.29, 0.717) is 23.1 Å². The molecule has 1 aromatic carbocycles. The van der Waals surface area contributed by atoms with Crippen LogP contribution in [-0.2, 0) is 20.9 Å². The topological polar surface area (TPSA) is 85.6 Å². The Balaban J connectivity index is 1.66. The molecule has 3 aromatic rings. The van der Waals surface area contributed by atoms with Crippen LogP contribution in [0.1, 0.15) is 0 Å². The molecular weight excluding hydrogens is 484 g/mol. The summed E-state index contributed by atoms with van der Waals surface area (Å²) in [4.78, 5) is 33.0. The molecule has 0 saturated carbocycles. The summed E-state index contributed by atoms with van der Waals surface area (Å²) < 4.78 is 9.16. The number of ether oxygens (including phenoxy) is 1. The number of carbonyl (C=O) groups excluding carboxylic acids is 2. The standard InChI is InChI=1S/C17H17BrN4O3S3/c1-25-6-5-22-12-3-2-11(18)8-13(12)28-17(22)21-15(24)10-26-9-14(23)20-16-19-4-7-27-16/h2-4,7-8H,5-6,9-10H2,1H3,(H,19,20,23). The molecule has 0 bridgehead atoms. The maximum atomic E-state index is 12.3. The van der Waals surface area contributed by atoms with Crippen LogP contribution >= 0.6 is 50.4 Å². The molecule has 0 aliphatic heterocycles. The van der Waals surface area contributed by atoms with Crippen molar-refractivity contribution in [2.24, 2.45) is 4.99 Å². The van der Waals surface area contributed by atoms with Gasteiger partial charge in [0.05, 0.1) is 28.3 Å². The van der Waals surface area contributed by atoms with Crippen LogP contribution in [-0.4, -0.2) is 46.6 Å². The second-order valence-electron chi connectivity index (χ2n) is 5.52.